The second-order valence-electron chi connectivity index (χ2n) is 5.29. The Kier molecular flexibility index (Phi) is 4.85. The molecule has 0 aliphatic heterocycles. The fraction of sp³-hybridized carbons (Fsp3) is 0.857. The predicted octanol–water partition coefficient (Wildman–Crippen LogP) is 3.76. The lowest BCUT2D eigenvalue weighted by atomic mass is 9.72. The molecule has 0 aromatic carbocycles. The van der Waals surface area contributed by atoms with Gasteiger partial charge in [-0.05, 0) is 37.0 Å². The second-order valence-corrected chi connectivity index (χ2v) is 5.29. The van der Waals surface area contributed by atoms with Gasteiger partial charge in [0.2, 0.25) is 0 Å². The molecule has 0 bridgehead atoms. The Morgan fingerprint density at radius 2 is 2.00 bits per heavy atom. The van der Waals surface area contributed by atoms with Crippen molar-refractivity contribution in [2.45, 2.75) is 59.4 Å². The summed E-state index contributed by atoms with van der Waals surface area (Å²) >= 11 is 0. The summed E-state index contributed by atoms with van der Waals surface area (Å²) in [6.45, 7) is 10.2. The summed E-state index contributed by atoms with van der Waals surface area (Å²) in [7, 11) is 0. The lowest BCUT2D eigenvalue weighted by Crippen LogP contribution is -2.31. The topological polar surface area (TPSA) is 12.0 Å². The van der Waals surface area contributed by atoms with Crippen LogP contribution in [0.4, 0.5) is 0 Å². The van der Waals surface area contributed by atoms with Crippen LogP contribution in [0.25, 0.3) is 0 Å². The van der Waals surface area contributed by atoms with E-state index in [2.05, 4.69) is 45.2 Å². The molecule has 1 unspecified atom stereocenters. The van der Waals surface area contributed by atoms with Crippen molar-refractivity contribution in [1.82, 2.24) is 5.32 Å². The number of hydrogen-bond acceptors (Lipinski definition) is 1. The molecule has 1 aliphatic rings. The Bertz CT molecular complexity index is 201. The van der Waals surface area contributed by atoms with Gasteiger partial charge in [0.25, 0.3) is 0 Å². The Morgan fingerprint density at radius 1 is 1.33 bits per heavy atom. The molecule has 1 N–H and O–H groups in total. The van der Waals surface area contributed by atoms with Gasteiger partial charge in [-0.15, -0.1) is 0 Å². The maximum atomic E-state index is 3.53. The summed E-state index contributed by atoms with van der Waals surface area (Å²) in [4.78, 5) is 0. The molecule has 0 amide bonds. The van der Waals surface area contributed by atoms with Gasteiger partial charge >= 0.3 is 0 Å². The van der Waals surface area contributed by atoms with Gasteiger partial charge in [-0.1, -0.05) is 39.8 Å². The third-order valence-electron chi connectivity index (χ3n) is 3.93. The number of allylic oxidation sites excluding steroid dienone is 1. The average Bonchev–Trinajstić information content (AvgIpc) is 2.27. The van der Waals surface area contributed by atoms with E-state index in [0.29, 0.717) is 11.5 Å². The molecule has 0 saturated heterocycles. The van der Waals surface area contributed by atoms with Gasteiger partial charge in [-0.25, -0.2) is 0 Å². The summed E-state index contributed by atoms with van der Waals surface area (Å²) < 4.78 is 0. The maximum Gasteiger partial charge on any atom is 0.00165 e. The van der Waals surface area contributed by atoms with E-state index in [0.717, 1.165) is 12.5 Å². The maximum absolute atomic E-state index is 3.53. The van der Waals surface area contributed by atoms with Crippen molar-refractivity contribution in [3.05, 3.63) is 12.2 Å². The molecule has 0 aromatic heterocycles. The van der Waals surface area contributed by atoms with Crippen LogP contribution in [0.15, 0.2) is 12.2 Å². The third-order valence-corrected chi connectivity index (χ3v) is 3.93. The first kappa shape index (κ1) is 12.8. The Balaban J connectivity index is 2.43. The zero-order valence-corrected chi connectivity index (χ0v) is 10.8. The molecule has 0 spiro atoms. The second kappa shape index (κ2) is 5.69. The van der Waals surface area contributed by atoms with E-state index < -0.39 is 0 Å². The van der Waals surface area contributed by atoms with Crippen molar-refractivity contribution in [3.8, 4) is 0 Å². The zero-order chi connectivity index (χ0) is 11.3. The number of rotatable bonds is 5. The van der Waals surface area contributed by atoms with Gasteiger partial charge in [0.1, 0.15) is 0 Å². The Hall–Kier alpha value is -0.300. The standard InChI is InChI=1S/C14H27N/c1-5-14(6-2)9-7-13(8-10-14)11-15-12(3)4/h7,9,12-13,15H,5-6,8,10-11H2,1-4H3. The van der Waals surface area contributed by atoms with Gasteiger partial charge in [0.05, 0.1) is 0 Å². The highest BCUT2D eigenvalue weighted by Crippen LogP contribution is 2.38. The van der Waals surface area contributed by atoms with Crippen LogP contribution >= 0.6 is 0 Å². The highest BCUT2D eigenvalue weighted by atomic mass is 14.9. The smallest absolute Gasteiger partial charge is 0.00165 e. The molecular formula is C14H27N. The molecule has 0 radical (unpaired) electrons. The number of nitrogens with one attached hydrogen (secondary N) is 1. The lowest BCUT2D eigenvalue weighted by molar-refractivity contribution is 0.274. The van der Waals surface area contributed by atoms with Crippen LogP contribution in [0.3, 0.4) is 0 Å². The van der Waals surface area contributed by atoms with E-state index in [4.69, 9.17) is 0 Å². The monoisotopic (exact) mass is 209 g/mol. The van der Waals surface area contributed by atoms with E-state index in [1.165, 1.54) is 25.7 Å². The van der Waals surface area contributed by atoms with Gasteiger partial charge in [0.15, 0.2) is 0 Å². The molecule has 1 atom stereocenters. The minimum Gasteiger partial charge on any atom is -0.314 e. The van der Waals surface area contributed by atoms with Crippen LogP contribution in [0.2, 0.25) is 0 Å². The van der Waals surface area contributed by atoms with E-state index in [1.807, 2.05) is 0 Å². The molecule has 0 aromatic rings. The van der Waals surface area contributed by atoms with Gasteiger partial charge in [0, 0.05) is 12.6 Å². The molecule has 15 heavy (non-hydrogen) atoms. The Labute approximate surface area is 95.3 Å². The van der Waals surface area contributed by atoms with Gasteiger partial charge in [-0.3, -0.25) is 0 Å². The van der Waals surface area contributed by atoms with Crippen molar-refractivity contribution in [3.63, 3.8) is 0 Å². The predicted molar refractivity (Wildman–Crippen MR) is 68.0 cm³/mol. The molecule has 1 rings (SSSR count). The van der Waals surface area contributed by atoms with E-state index in [1.54, 1.807) is 0 Å². The van der Waals surface area contributed by atoms with Gasteiger partial charge < -0.3 is 5.32 Å². The van der Waals surface area contributed by atoms with Crippen LogP contribution in [-0.4, -0.2) is 12.6 Å². The normalized spacial score (nSPS) is 24.7. The van der Waals surface area contributed by atoms with Crippen molar-refractivity contribution in [2.24, 2.45) is 11.3 Å². The fourth-order valence-electron chi connectivity index (χ4n) is 2.39. The molecule has 1 aliphatic carbocycles. The van der Waals surface area contributed by atoms with Crippen LogP contribution in [0, 0.1) is 11.3 Å². The number of hydrogen-bond donors (Lipinski definition) is 1. The SMILES string of the molecule is CCC1(CC)C=CC(CNC(C)C)CC1. The van der Waals surface area contributed by atoms with Crippen LogP contribution < -0.4 is 5.32 Å². The molecule has 0 heterocycles. The molecule has 1 nitrogen and oxygen atoms in total. The fourth-order valence-corrected chi connectivity index (χ4v) is 2.39. The van der Waals surface area contributed by atoms with Crippen LogP contribution in [0.1, 0.15) is 53.4 Å². The third kappa shape index (κ3) is 3.64. The summed E-state index contributed by atoms with van der Waals surface area (Å²) in [6.07, 6.45) is 10.3. The summed E-state index contributed by atoms with van der Waals surface area (Å²) in [6, 6.07) is 0.613. The van der Waals surface area contributed by atoms with Crippen LogP contribution in [-0.2, 0) is 0 Å². The van der Waals surface area contributed by atoms with Gasteiger partial charge in [-0.2, -0.15) is 0 Å². The highest BCUT2D eigenvalue weighted by Gasteiger charge is 2.27. The van der Waals surface area contributed by atoms with E-state index >= 15 is 0 Å². The first-order valence-corrected chi connectivity index (χ1v) is 6.54. The van der Waals surface area contributed by atoms with E-state index in [9.17, 15) is 0 Å². The minimum absolute atomic E-state index is 0.522. The van der Waals surface area contributed by atoms with Crippen molar-refractivity contribution in [1.29, 1.82) is 0 Å². The van der Waals surface area contributed by atoms with Crippen molar-refractivity contribution < 1.29 is 0 Å². The first-order valence-electron chi connectivity index (χ1n) is 6.54. The molecular weight excluding hydrogens is 182 g/mol. The van der Waals surface area contributed by atoms with Crippen molar-refractivity contribution in [2.75, 3.05) is 6.54 Å². The molecule has 88 valence electrons. The summed E-state index contributed by atoms with van der Waals surface area (Å²) in [5.74, 6) is 0.763. The summed E-state index contributed by atoms with van der Waals surface area (Å²) in [5.41, 5.74) is 0.522. The zero-order valence-electron chi connectivity index (χ0n) is 10.8. The molecule has 0 saturated carbocycles. The van der Waals surface area contributed by atoms with Crippen molar-refractivity contribution >= 4 is 0 Å². The average molecular weight is 209 g/mol. The molecule has 0 fully saturated rings. The largest absolute Gasteiger partial charge is 0.314 e. The summed E-state index contributed by atoms with van der Waals surface area (Å²) in [5, 5.41) is 3.53. The quantitative estimate of drug-likeness (QED) is 0.680. The van der Waals surface area contributed by atoms with E-state index in [-0.39, 0.29) is 0 Å². The Morgan fingerprint density at radius 3 is 2.40 bits per heavy atom. The molecule has 1 heteroatoms. The van der Waals surface area contributed by atoms with Crippen LogP contribution in [0.5, 0.6) is 0 Å². The lowest BCUT2D eigenvalue weighted by Gasteiger charge is -2.34. The highest BCUT2D eigenvalue weighted by molar-refractivity contribution is 5.06. The minimum atomic E-state index is 0.522. The first-order chi connectivity index (χ1) is 7.12.